The average Bonchev–Trinajstić information content (AvgIpc) is 3.17. The molecule has 1 saturated carbocycles. The SMILES string of the molecule is Cc1ccc2nc([C@H]3CCC[C@@H](NC(=O)c4ccc5c(c4)OCCO5)C3)[nH]c2c1. The van der Waals surface area contributed by atoms with E-state index in [0.717, 1.165) is 42.5 Å². The van der Waals surface area contributed by atoms with Crippen LogP contribution >= 0.6 is 0 Å². The summed E-state index contributed by atoms with van der Waals surface area (Å²) in [7, 11) is 0. The van der Waals surface area contributed by atoms with Crippen LogP contribution in [-0.2, 0) is 0 Å². The van der Waals surface area contributed by atoms with E-state index in [0.29, 0.717) is 36.2 Å². The van der Waals surface area contributed by atoms with Crippen LogP contribution in [0.25, 0.3) is 11.0 Å². The molecule has 29 heavy (non-hydrogen) atoms. The number of carbonyl (C=O) groups excluding carboxylic acids is 1. The molecule has 1 aliphatic carbocycles. The third-order valence-corrected chi connectivity index (χ3v) is 5.86. The summed E-state index contributed by atoms with van der Waals surface area (Å²) < 4.78 is 11.1. The largest absolute Gasteiger partial charge is 0.486 e. The highest BCUT2D eigenvalue weighted by atomic mass is 16.6. The van der Waals surface area contributed by atoms with Crippen LogP contribution in [0.15, 0.2) is 36.4 Å². The summed E-state index contributed by atoms with van der Waals surface area (Å²) in [5.41, 5.74) is 3.92. The van der Waals surface area contributed by atoms with Crippen molar-refractivity contribution >= 4 is 16.9 Å². The van der Waals surface area contributed by atoms with E-state index in [-0.39, 0.29) is 11.9 Å². The zero-order valence-corrected chi connectivity index (χ0v) is 16.5. The summed E-state index contributed by atoms with van der Waals surface area (Å²) in [5.74, 6) is 2.65. The number of aromatic amines is 1. The lowest BCUT2D eigenvalue weighted by Gasteiger charge is -2.29. The van der Waals surface area contributed by atoms with E-state index in [1.807, 2.05) is 6.07 Å². The quantitative estimate of drug-likeness (QED) is 0.705. The van der Waals surface area contributed by atoms with Crippen LogP contribution in [0.2, 0.25) is 0 Å². The molecule has 2 aromatic carbocycles. The first-order valence-electron chi connectivity index (χ1n) is 10.3. The minimum absolute atomic E-state index is 0.0622. The minimum atomic E-state index is -0.0622. The first-order valence-corrected chi connectivity index (χ1v) is 10.3. The molecule has 150 valence electrons. The molecule has 0 spiro atoms. The molecular weight excluding hydrogens is 366 g/mol. The highest BCUT2D eigenvalue weighted by Crippen LogP contribution is 2.34. The molecule has 6 heteroatoms. The van der Waals surface area contributed by atoms with E-state index in [1.54, 1.807) is 12.1 Å². The molecule has 1 amide bonds. The molecule has 1 aliphatic heterocycles. The van der Waals surface area contributed by atoms with Gasteiger partial charge >= 0.3 is 0 Å². The number of hydrogen-bond donors (Lipinski definition) is 2. The second-order valence-electron chi connectivity index (χ2n) is 8.03. The second-order valence-corrected chi connectivity index (χ2v) is 8.03. The number of amides is 1. The molecule has 6 nitrogen and oxygen atoms in total. The molecule has 2 heterocycles. The Morgan fingerprint density at radius 1 is 1.10 bits per heavy atom. The Bertz CT molecular complexity index is 1060. The van der Waals surface area contributed by atoms with E-state index in [2.05, 4.69) is 35.4 Å². The number of imidazole rings is 1. The van der Waals surface area contributed by atoms with Crippen LogP contribution in [0.1, 0.15) is 53.3 Å². The number of aromatic nitrogens is 2. The van der Waals surface area contributed by atoms with Crippen molar-refractivity contribution in [2.45, 2.75) is 44.6 Å². The summed E-state index contributed by atoms with van der Waals surface area (Å²) in [5, 5.41) is 3.21. The molecule has 3 aromatic rings. The molecular formula is C23H25N3O3. The van der Waals surface area contributed by atoms with E-state index in [9.17, 15) is 4.79 Å². The van der Waals surface area contributed by atoms with Gasteiger partial charge in [0.15, 0.2) is 11.5 Å². The van der Waals surface area contributed by atoms with Gasteiger partial charge in [0, 0.05) is 17.5 Å². The van der Waals surface area contributed by atoms with Gasteiger partial charge in [0.05, 0.1) is 11.0 Å². The van der Waals surface area contributed by atoms with Gasteiger partial charge in [-0.2, -0.15) is 0 Å². The number of benzene rings is 2. The third kappa shape index (κ3) is 3.67. The highest BCUT2D eigenvalue weighted by Gasteiger charge is 2.27. The zero-order chi connectivity index (χ0) is 19.8. The molecule has 2 aliphatic rings. The Hall–Kier alpha value is -3.02. The lowest BCUT2D eigenvalue weighted by molar-refractivity contribution is 0.0923. The van der Waals surface area contributed by atoms with E-state index in [4.69, 9.17) is 14.5 Å². The second kappa shape index (κ2) is 7.43. The molecule has 0 bridgehead atoms. The molecule has 1 fully saturated rings. The van der Waals surface area contributed by atoms with Crippen LogP contribution < -0.4 is 14.8 Å². The number of ether oxygens (including phenoxy) is 2. The van der Waals surface area contributed by atoms with Crippen molar-refractivity contribution in [1.82, 2.24) is 15.3 Å². The van der Waals surface area contributed by atoms with Gasteiger partial charge in [-0.1, -0.05) is 12.5 Å². The van der Waals surface area contributed by atoms with Gasteiger partial charge in [0.25, 0.3) is 5.91 Å². The van der Waals surface area contributed by atoms with E-state index >= 15 is 0 Å². The van der Waals surface area contributed by atoms with Gasteiger partial charge < -0.3 is 19.8 Å². The first-order chi connectivity index (χ1) is 14.2. The molecule has 0 radical (unpaired) electrons. The maximum atomic E-state index is 12.8. The van der Waals surface area contributed by atoms with Crippen molar-refractivity contribution < 1.29 is 14.3 Å². The summed E-state index contributed by atoms with van der Waals surface area (Å²) in [4.78, 5) is 21.1. The van der Waals surface area contributed by atoms with Crippen molar-refractivity contribution in [3.63, 3.8) is 0 Å². The number of nitrogens with zero attached hydrogens (tertiary/aromatic N) is 1. The zero-order valence-electron chi connectivity index (χ0n) is 16.5. The summed E-state index contributed by atoms with van der Waals surface area (Å²) in [6.45, 7) is 3.15. The maximum Gasteiger partial charge on any atom is 0.251 e. The fourth-order valence-electron chi connectivity index (χ4n) is 4.36. The molecule has 5 rings (SSSR count). The van der Waals surface area contributed by atoms with Crippen molar-refractivity contribution in [3.8, 4) is 11.5 Å². The summed E-state index contributed by atoms with van der Waals surface area (Å²) in [6, 6.07) is 11.8. The van der Waals surface area contributed by atoms with Crippen molar-refractivity contribution in [2.75, 3.05) is 13.2 Å². The minimum Gasteiger partial charge on any atom is -0.486 e. The normalized spacial score (nSPS) is 21.1. The van der Waals surface area contributed by atoms with Gasteiger partial charge in [-0.05, 0) is 62.1 Å². The van der Waals surface area contributed by atoms with Crippen molar-refractivity contribution in [3.05, 3.63) is 53.3 Å². The van der Waals surface area contributed by atoms with Gasteiger partial charge in [0.2, 0.25) is 0 Å². The lowest BCUT2D eigenvalue weighted by Crippen LogP contribution is -2.38. The molecule has 2 atom stereocenters. The predicted molar refractivity (Wildman–Crippen MR) is 111 cm³/mol. The lowest BCUT2D eigenvalue weighted by atomic mass is 9.85. The average molecular weight is 391 g/mol. The Kier molecular flexibility index (Phi) is 4.62. The predicted octanol–water partition coefficient (Wildman–Crippen LogP) is 4.10. The molecule has 0 unspecified atom stereocenters. The summed E-state index contributed by atoms with van der Waals surface area (Å²) in [6.07, 6.45) is 4.06. The number of nitrogens with one attached hydrogen (secondary N) is 2. The molecule has 2 N–H and O–H groups in total. The third-order valence-electron chi connectivity index (χ3n) is 5.86. The van der Waals surface area contributed by atoms with Crippen molar-refractivity contribution in [1.29, 1.82) is 0 Å². The Balaban J connectivity index is 1.28. The van der Waals surface area contributed by atoms with Crippen LogP contribution in [0.3, 0.4) is 0 Å². The van der Waals surface area contributed by atoms with Gasteiger partial charge in [0.1, 0.15) is 19.0 Å². The van der Waals surface area contributed by atoms with Crippen molar-refractivity contribution in [2.24, 2.45) is 0 Å². The monoisotopic (exact) mass is 391 g/mol. The maximum absolute atomic E-state index is 12.8. The number of rotatable bonds is 3. The van der Waals surface area contributed by atoms with E-state index in [1.165, 1.54) is 5.56 Å². The number of fused-ring (bicyclic) bond motifs is 2. The van der Waals surface area contributed by atoms with Gasteiger partial charge in [-0.3, -0.25) is 4.79 Å². The number of aryl methyl sites for hydroxylation is 1. The smallest absolute Gasteiger partial charge is 0.251 e. The molecule has 1 aromatic heterocycles. The Morgan fingerprint density at radius 3 is 2.86 bits per heavy atom. The van der Waals surface area contributed by atoms with Crippen LogP contribution in [0, 0.1) is 6.92 Å². The van der Waals surface area contributed by atoms with Crippen LogP contribution in [-0.4, -0.2) is 35.1 Å². The van der Waals surface area contributed by atoms with Gasteiger partial charge in [-0.15, -0.1) is 0 Å². The molecule has 0 saturated heterocycles. The first kappa shape index (κ1) is 18.0. The number of hydrogen-bond acceptors (Lipinski definition) is 4. The van der Waals surface area contributed by atoms with Crippen LogP contribution in [0.4, 0.5) is 0 Å². The topological polar surface area (TPSA) is 76.2 Å². The number of carbonyl (C=O) groups is 1. The van der Waals surface area contributed by atoms with Gasteiger partial charge in [-0.25, -0.2) is 4.98 Å². The highest BCUT2D eigenvalue weighted by molar-refractivity contribution is 5.95. The summed E-state index contributed by atoms with van der Waals surface area (Å²) >= 11 is 0. The fourth-order valence-corrected chi connectivity index (χ4v) is 4.36. The number of H-pyrrole nitrogens is 1. The van der Waals surface area contributed by atoms with Crippen LogP contribution in [0.5, 0.6) is 11.5 Å². The van der Waals surface area contributed by atoms with E-state index < -0.39 is 0 Å². The standard InChI is InChI=1S/C23H25N3O3/c1-14-5-7-18-19(11-14)26-22(25-18)15-3-2-4-17(12-15)24-23(27)16-6-8-20-21(13-16)29-10-9-28-20/h5-8,11,13,15,17H,2-4,9-10,12H2,1H3,(H,24,27)(H,25,26)/t15-,17+/m0/s1. The Labute approximate surface area is 169 Å². The fraction of sp³-hybridized carbons (Fsp3) is 0.391. The Morgan fingerprint density at radius 2 is 1.97 bits per heavy atom.